The number of rotatable bonds is 6. The van der Waals surface area contributed by atoms with Gasteiger partial charge < -0.3 is 14.8 Å². The lowest BCUT2D eigenvalue weighted by molar-refractivity contribution is -0.133. The van der Waals surface area contributed by atoms with Crippen molar-refractivity contribution in [3.63, 3.8) is 0 Å². The number of esters is 1. The highest BCUT2D eigenvalue weighted by atomic mass is 32.2. The SMILES string of the molecule is COC(=O)/C(=C(/O)CSc1nnc(C)n1-c1ccccc1C)c1nc2ccccc2[nH]1. The molecule has 8 nitrogen and oxygen atoms in total. The number of ether oxygens (including phenoxy) is 1. The van der Waals surface area contributed by atoms with Crippen molar-refractivity contribution in [3.05, 3.63) is 71.5 Å². The van der Waals surface area contributed by atoms with Gasteiger partial charge in [0, 0.05) is 0 Å². The van der Waals surface area contributed by atoms with Gasteiger partial charge in [0.25, 0.3) is 0 Å². The molecule has 0 aliphatic heterocycles. The summed E-state index contributed by atoms with van der Waals surface area (Å²) in [6.45, 7) is 3.88. The number of carbonyl (C=O) groups is 1. The number of para-hydroxylation sites is 3. The minimum absolute atomic E-state index is 0.00937. The Hall–Kier alpha value is -3.59. The van der Waals surface area contributed by atoms with Gasteiger partial charge in [0.1, 0.15) is 23.0 Å². The Morgan fingerprint density at radius 1 is 1.13 bits per heavy atom. The molecule has 0 aliphatic carbocycles. The molecule has 2 N–H and O–H groups in total. The molecule has 0 saturated carbocycles. The van der Waals surface area contributed by atoms with Crippen molar-refractivity contribution >= 4 is 34.3 Å². The van der Waals surface area contributed by atoms with E-state index in [0.29, 0.717) is 10.7 Å². The van der Waals surface area contributed by atoms with Crippen LogP contribution < -0.4 is 0 Å². The summed E-state index contributed by atoms with van der Waals surface area (Å²) in [4.78, 5) is 19.9. The van der Waals surface area contributed by atoms with E-state index >= 15 is 0 Å². The smallest absolute Gasteiger partial charge is 0.345 e. The minimum Gasteiger partial charge on any atom is -0.510 e. The first-order valence-corrected chi connectivity index (χ1v) is 10.5. The average Bonchev–Trinajstić information content (AvgIpc) is 3.35. The zero-order valence-electron chi connectivity index (χ0n) is 17.3. The molecular formula is C22H21N5O3S. The number of aromatic amines is 1. The molecule has 4 rings (SSSR count). The molecular weight excluding hydrogens is 414 g/mol. The van der Waals surface area contributed by atoms with Gasteiger partial charge in [-0.1, -0.05) is 42.1 Å². The molecule has 158 valence electrons. The second-order valence-electron chi connectivity index (χ2n) is 6.86. The van der Waals surface area contributed by atoms with Crippen LogP contribution >= 0.6 is 11.8 Å². The summed E-state index contributed by atoms with van der Waals surface area (Å²) in [5.74, 6) is 0.237. The third-order valence-corrected chi connectivity index (χ3v) is 5.73. The van der Waals surface area contributed by atoms with Gasteiger partial charge in [0.15, 0.2) is 5.16 Å². The van der Waals surface area contributed by atoms with E-state index in [1.54, 1.807) is 0 Å². The number of benzene rings is 2. The zero-order valence-corrected chi connectivity index (χ0v) is 18.1. The molecule has 0 aliphatic rings. The molecule has 0 saturated heterocycles. The highest BCUT2D eigenvalue weighted by Crippen LogP contribution is 2.28. The van der Waals surface area contributed by atoms with Crippen molar-refractivity contribution < 1.29 is 14.6 Å². The molecule has 0 atom stereocenters. The minimum atomic E-state index is -0.672. The van der Waals surface area contributed by atoms with Crippen LogP contribution in [0.1, 0.15) is 17.2 Å². The Morgan fingerprint density at radius 3 is 2.61 bits per heavy atom. The summed E-state index contributed by atoms with van der Waals surface area (Å²) in [5, 5.41) is 19.8. The van der Waals surface area contributed by atoms with Crippen molar-refractivity contribution in [2.45, 2.75) is 19.0 Å². The molecule has 2 heterocycles. The van der Waals surface area contributed by atoms with E-state index in [1.807, 2.05) is 66.9 Å². The van der Waals surface area contributed by atoms with Gasteiger partial charge in [-0.25, -0.2) is 9.78 Å². The predicted octanol–water partition coefficient (Wildman–Crippen LogP) is 3.99. The third kappa shape index (κ3) is 4.04. The molecule has 0 fully saturated rings. The van der Waals surface area contributed by atoms with Gasteiger partial charge in [-0.05, 0) is 37.6 Å². The number of aliphatic hydroxyl groups is 1. The molecule has 0 unspecified atom stereocenters. The van der Waals surface area contributed by atoms with Crippen LogP contribution in [0.5, 0.6) is 0 Å². The van der Waals surface area contributed by atoms with E-state index in [9.17, 15) is 9.90 Å². The van der Waals surface area contributed by atoms with Crippen LogP contribution in [0.4, 0.5) is 0 Å². The summed E-state index contributed by atoms with van der Waals surface area (Å²) in [6, 6.07) is 15.3. The Bertz CT molecular complexity index is 1260. The quantitative estimate of drug-likeness (QED) is 0.204. The molecule has 31 heavy (non-hydrogen) atoms. The number of aryl methyl sites for hydroxylation is 2. The number of hydrogen-bond donors (Lipinski definition) is 2. The molecule has 2 aromatic carbocycles. The molecule has 0 spiro atoms. The Morgan fingerprint density at radius 2 is 1.87 bits per heavy atom. The van der Waals surface area contributed by atoms with E-state index in [0.717, 1.165) is 22.6 Å². The lowest BCUT2D eigenvalue weighted by Crippen LogP contribution is -2.10. The van der Waals surface area contributed by atoms with E-state index in [-0.39, 0.29) is 22.9 Å². The van der Waals surface area contributed by atoms with Crippen LogP contribution in [0.3, 0.4) is 0 Å². The number of imidazole rings is 1. The predicted molar refractivity (Wildman–Crippen MR) is 119 cm³/mol. The van der Waals surface area contributed by atoms with Gasteiger partial charge in [0.05, 0.1) is 29.6 Å². The van der Waals surface area contributed by atoms with Crippen LogP contribution in [-0.2, 0) is 9.53 Å². The first kappa shape index (κ1) is 20.7. The zero-order chi connectivity index (χ0) is 22.0. The highest BCUT2D eigenvalue weighted by molar-refractivity contribution is 7.99. The average molecular weight is 436 g/mol. The lowest BCUT2D eigenvalue weighted by Gasteiger charge is -2.11. The number of nitrogens with one attached hydrogen (secondary N) is 1. The fourth-order valence-corrected chi connectivity index (χ4v) is 4.13. The topological polar surface area (TPSA) is 106 Å². The first-order valence-electron chi connectivity index (χ1n) is 9.56. The second kappa shape index (κ2) is 8.65. The Kier molecular flexibility index (Phi) is 5.77. The molecule has 0 amide bonds. The van der Waals surface area contributed by atoms with Gasteiger partial charge in [0.2, 0.25) is 0 Å². The van der Waals surface area contributed by atoms with Crippen LogP contribution in [0.2, 0.25) is 0 Å². The van der Waals surface area contributed by atoms with Gasteiger partial charge in [-0.2, -0.15) is 0 Å². The number of thioether (sulfide) groups is 1. The van der Waals surface area contributed by atoms with Gasteiger partial charge in [-0.3, -0.25) is 4.57 Å². The molecule has 0 bridgehead atoms. The number of nitrogens with zero attached hydrogens (tertiary/aromatic N) is 4. The van der Waals surface area contributed by atoms with E-state index < -0.39 is 5.97 Å². The normalized spacial score (nSPS) is 12.1. The standard InChI is InChI=1S/C22H21N5O3S/c1-13-8-4-7-11-17(13)27-14(2)25-26-22(27)31-12-18(28)19(21(29)30-3)20-23-15-9-5-6-10-16(15)24-20/h4-11,28H,12H2,1-3H3,(H,23,24)/b19-18+. The Labute approximate surface area is 183 Å². The largest absolute Gasteiger partial charge is 0.510 e. The van der Waals surface area contributed by atoms with E-state index in [2.05, 4.69) is 20.2 Å². The van der Waals surface area contributed by atoms with Gasteiger partial charge in [-0.15, -0.1) is 10.2 Å². The Balaban J connectivity index is 1.68. The maximum Gasteiger partial charge on any atom is 0.345 e. The molecule has 2 aromatic heterocycles. The fourth-order valence-electron chi connectivity index (χ4n) is 3.26. The van der Waals surface area contributed by atoms with Crippen molar-refractivity contribution in [3.8, 4) is 5.69 Å². The summed E-state index contributed by atoms with van der Waals surface area (Å²) in [5.41, 5.74) is 3.47. The summed E-state index contributed by atoms with van der Waals surface area (Å²) in [7, 11) is 1.27. The van der Waals surface area contributed by atoms with Crippen LogP contribution in [0.25, 0.3) is 22.3 Å². The van der Waals surface area contributed by atoms with Crippen molar-refractivity contribution in [1.29, 1.82) is 0 Å². The number of methoxy groups -OCH3 is 1. The number of hydrogen-bond acceptors (Lipinski definition) is 7. The number of carbonyl (C=O) groups excluding carboxylic acids is 1. The number of H-pyrrole nitrogens is 1. The van der Waals surface area contributed by atoms with Crippen molar-refractivity contribution in [1.82, 2.24) is 24.7 Å². The second-order valence-corrected chi connectivity index (χ2v) is 7.80. The van der Waals surface area contributed by atoms with E-state index in [4.69, 9.17) is 4.74 Å². The molecule has 9 heteroatoms. The molecule has 4 aromatic rings. The highest BCUT2D eigenvalue weighted by Gasteiger charge is 2.23. The van der Waals surface area contributed by atoms with Crippen molar-refractivity contribution in [2.24, 2.45) is 0 Å². The maximum atomic E-state index is 12.4. The monoisotopic (exact) mass is 435 g/mol. The number of aliphatic hydroxyl groups excluding tert-OH is 1. The van der Waals surface area contributed by atoms with Crippen molar-refractivity contribution in [2.75, 3.05) is 12.9 Å². The number of fused-ring (bicyclic) bond motifs is 1. The van der Waals surface area contributed by atoms with Crippen LogP contribution in [-0.4, -0.2) is 48.7 Å². The summed E-state index contributed by atoms with van der Waals surface area (Å²) in [6.07, 6.45) is 0. The van der Waals surface area contributed by atoms with Gasteiger partial charge >= 0.3 is 5.97 Å². The maximum absolute atomic E-state index is 12.4. The number of aromatic nitrogens is 5. The first-order chi connectivity index (χ1) is 15.0. The molecule has 0 radical (unpaired) electrons. The summed E-state index contributed by atoms with van der Waals surface area (Å²) >= 11 is 1.27. The third-order valence-electron chi connectivity index (χ3n) is 4.79. The van der Waals surface area contributed by atoms with Crippen LogP contribution in [0.15, 0.2) is 59.4 Å². The van der Waals surface area contributed by atoms with E-state index in [1.165, 1.54) is 18.9 Å². The fraction of sp³-hybridized carbons (Fsp3) is 0.182. The summed E-state index contributed by atoms with van der Waals surface area (Å²) < 4.78 is 6.81. The van der Waals surface area contributed by atoms with Crippen LogP contribution in [0, 0.1) is 13.8 Å². The lowest BCUT2D eigenvalue weighted by atomic mass is 10.2.